The molecule has 0 unspecified atom stereocenters. The summed E-state index contributed by atoms with van der Waals surface area (Å²) in [4.78, 5) is 37.5. The van der Waals surface area contributed by atoms with Gasteiger partial charge in [0.1, 0.15) is 15.9 Å². The van der Waals surface area contributed by atoms with Crippen LogP contribution in [0.3, 0.4) is 0 Å². The smallest absolute Gasteiger partial charge is 0.348 e. The molecular weight excluding hydrogens is 408 g/mol. The molecule has 9 nitrogen and oxygen atoms in total. The van der Waals surface area contributed by atoms with Crippen molar-refractivity contribution in [2.75, 3.05) is 31.3 Å². The average Bonchev–Trinajstić information content (AvgIpc) is 3.20. The Hall–Kier alpha value is -1.98. The van der Waals surface area contributed by atoms with E-state index in [0.29, 0.717) is 18.4 Å². The predicted octanol–water partition coefficient (Wildman–Crippen LogP) is 1.77. The molecule has 11 heteroatoms. The Labute approximate surface area is 168 Å². The SMILES string of the molecule is CCOC(=O)c1sc(NC(=O)[C@H]2CCCN2S(C)(=O)=O)c(C(=O)OCC)c1C. The van der Waals surface area contributed by atoms with Crippen LogP contribution in [-0.2, 0) is 24.3 Å². The van der Waals surface area contributed by atoms with Gasteiger partial charge in [0.25, 0.3) is 0 Å². The van der Waals surface area contributed by atoms with Crippen LogP contribution >= 0.6 is 11.3 Å². The fourth-order valence-electron chi connectivity index (χ4n) is 3.04. The summed E-state index contributed by atoms with van der Waals surface area (Å²) >= 11 is 0.909. The van der Waals surface area contributed by atoms with E-state index in [0.717, 1.165) is 21.9 Å². The molecule has 1 atom stereocenters. The number of ether oxygens (including phenoxy) is 2. The van der Waals surface area contributed by atoms with Crippen LogP contribution in [-0.4, -0.2) is 62.6 Å². The van der Waals surface area contributed by atoms with Crippen LogP contribution in [0.1, 0.15) is 52.3 Å². The predicted molar refractivity (Wildman–Crippen MR) is 104 cm³/mol. The van der Waals surface area contributed by atoms with Gasteiger partial charge in [-0.25, -0.2) is 18.0 Å². The molecule has 28 heavy (non-hydrogen) atoms. The van der Waals surface area contributed by atoms with Crippen LogP contribution in [0.4, 0.5) is 5.00 Å². The number of esters is 2. The summed E-state index contributed by atoms with van der Waals surface area (Å²) in [5.74, 6) is -1.83. The fraction of sp³-hybridized carbons (Fsp3) is 0.588. The topological polar surface area (TPSA) is 119 Å². The number of nitrogens with zero attached hydrogens (tertiary/aromatic N) is 1. The van der Waals surface area contributed by atoms with Crippen molar-refractivity contribution in [2.24, 2.45) is 0 Å². The van der Waals surface area contributed by atoms with Crippen molar-refractivity contribution in [1.82, 2.24) is 4.31 Å². The minimum absolute atomic E-state index is 0.0761. The van der Waals surface area contributed by atoms with Gasteiger partial charge in [-0.3, -0.25) is 4.79 Å². The van der Waals surface area contributed by atoms with E-state index >= 15 is 0 Å². The second-order valence-corrected chi connectivity index (χ2v) is 9.18. The monoisotopic (exact) mass is 432 g/mol. The van der Waals surface area contributed by atoms with Crippen LogP contribution in [0, 0.1) is 6.92 Å². The molecule has 1 amide bonds. The van der Waals surface area contributed by atoms with Crippen molar-refractivity contribution < 1.29 is 32.3 Å². The largest absolute Gasteiger partial charge is 0.462 e. The molecule has 0 radical (unpaired) electrons. The number of amides is 1. The van der Waals surface area contributed by atoms with E-state index in [-0.39, 0.29) is 35.2 Å². The number of sulfonamides is 1. The standard InChI is InChI=1S/C17H24N2O7S2/c1-5-25-16(21)12-10(3)13(17(22)26-6-2)27-15(12)18-14(20)11-8-7-9-19(11)28(4,23)24/h11H,5-9H2,1-4H3,(H,18,20)/t11-/m1/s1. The zero-order valence-corrected chi connectivity index (χ0v) is 17.9. The number of hydrogen-bond donors (Lipinski definition) is 1. The first-order chi connectivity index (χ1) is 13.1. The number of nitrogens with one attached hydrogen (secondary N) is 1. The molecule has 1 aliphatic heterocycles. The Morgan fingerprint density at radius 2 is 1.79 bits per heavy atom. The molecule has 1 saturated heterocycles. The lowest BCUT2D eigenvalue weighted by Crippen LogP contribution is -2.42. The number of rotatable bonds is 7. The Bertz CT molecular complexity index is 876. The number of carbonyl (C=O) groups is 3. The third kappa shape index (κ3) is 4.70. The molecule has 2 heterocycles. The van der Waals surface area contributed by atoms with Crippen molar-refractivity contribution in [1.29, 1.82) is 0 Å². The first-order valence-corrected chi connectivity index (χ1v) is 11.5. The molecule has 1 aliphatic rings. The number of thiophene rings is 1. The summed E-state index contributed by atoms with van der Waals surface area (Å²) in [6, 6.07) is -0.863. The highest BCUT2D eigenvalue weighted by molar-refractivity contribution is 7.88. The molecule has 156 valence electrons. The molecule has 0 spiro atoms. The maximum atomic E-state index is 12.7. The van der Waals surface area contributed by atoms with Gasteiger partial charge in [0.2, 0.25) is 15.9 Å². The molecule has 1 fully saturated rings. The molecule has 0 aliphatic carbocycles. The minimum Gasteiger partial charge on any atom is -0.462 e. The summed E-state index contributed by atoms with van der Waals surface area (Å²) in [6.45, 7) is 5.43. The lowest BCUT2D eigenvalue weighted by atomic mass is 10.1. The van der Waals surface area contributed by atoms with Crippen LogP contribution in [0.2, 0.25) is 0 Å². The molecule has 1 N–H and O–H groups in total. The molecule has 1 aromatic heterocycles. The Morgan fingerprint density at radius 3 is 2.36 bits per heavy atom. The summed E-state index contributed by atoms with van der Waals surface area (Å²) in [5, 5.41) is 2.76. The highest BCUT2D eigenvalue weighted by Crippen LogP contribution is 2.35. The summed E-state index contributed by atoms with van der Waals surface area (Å²) < 4.78 is 35.0. The van der Waals surface area contributed by atoms with E-state index in [9.17, 15) is 22.8 Å². The van der Waals surface area contributed by atoms with Crippen LogP contribution in [0.25, 0.3) is 0 Å². The quantitative estimate of drug-likeness (QED) is 0.652. The normalized spacial score (nSPS) is 17.4. The van der Waals surface area contributed by atoms with E-state index in [1.165, 1.54) is 0 Å². The van der Waals surface area contributed by atoms with Crippen LogP contribution in [0.5, 0.6) is 0 Å². The van der Waals surface area contributed by atoms with Gasteiger partial charge in [-0.2, -0.15) is 4.31 Å². The van der Waals surface area contributed by atoms with E-state index in [2.05, 4.69) is 5.32 Å². The van der Waals surface area contributed by atoms with Crippen molar-refractivity contribution in [3.05, 3.63) is 16.0 Å². The van der Waals surface area contributed by atoms with Gasteiger partial charge >= 0.3 is 11.9 Å². The summed E-state index contributed by atoms with van der Waals surface area (Å²) in [6.07, 6.45) is 1.99. The Kier molecular flexibility index (Phi) is 7.18. The lowest BCUT2D eigenvalue weighted by molar-refractivity contribution is -0.119. The first-order valence-electron chi connectivity index (χ1n) is 8.87. The van der Waals surface area contributed by atoms with Gasteiger partial charge in [-0.05, 0) is 39.2 Å². The third-order valence-electron chi connectivity index (χ3n) is 4.26. The molecule has 1 aromatic rings. The van der Waals surface area contributed by atoms with Crippen LogP contribution in [0.15, 0.2) is 0 Å². The zero-order chi connectivity index (χ0) is 21.1. The van der Waals surface area contributed by atoms with Gasteiger partial charge in [0, 0.05) is 6.54 Å². The van der Waals surface area contributed by atoms with Gasteiger partial charge in [0.05, 0.1) is 25.0 Å². The molecule has 0 bridgehead atoms. The number of anilines is 1. The highest BCUT2D eigenvalue weighted by atomic mass is 32.2. The summed E-state index contributed by atoms with van der Waals surface area (Å²) in [5.41, 5.74) is 0.427. The van der Waals surface area contributed by atoms with E-state index in [1.807, 2.05) is 0 Å². The molecule has 0 aromatic carbocycles. The Balaban J connectivity index is 2.38. The van der Waals surface area contributed by atoms with E-state index < -0.39 is 33.9 Å². The van der Waals surface area contributed by atoms with Crippen molar-refractivity contribution >= 4 is 44.2 Å². The summed E-state index contributed by atoms with van der Waals surface area (Å²) in [7, 11) is -3.54. The van der Waals surface area contributed by atoms with Gasteiger partial charge in [0.15, 0.2) is 0 Å². The third-order valence-corrected chi connectivity index (χ3v) is 6.73. The zero-order valence-electron chi connectivity index (χ0n) is 16.2. The average molecular weight is 433 g/mol. The first kappa shape index (κ1) is 22.3. The maximum Gasteiger partial charge on any atom is 0.348 e. The minimum atomic E-state index is -3.54. The molecule has 2 rings (SSSR count). The van der Waals surface area contributed by atoms with Gasteiger partial charge in [-0.15, -0.1) is 11.3 Å². The van der Waals surface area contributed by atoms with Crippen LogP contribution < -0.4 is 5.32 Å². The van der Waals surface area contributed by atoms with Gasteiger partial charge in [-0.1, -0.05) is 0 Å². The second kappa shape index (κ2) is 9.01. The van der Waals surface area contributed by atoms with Crippen molar-refractivity contribution in [2.45, 2.75) is 39.7 Å². The Morgan fingerprint density at radius 1 is 1.18 bits per heavy atom. The highest BCUT2D eigenvalue weighted by Gasteiger charge is 2.37. The second-order valence-electron chi connectivity index (χ2n) is 6.22. The lowest BCUT2D eigenvalue weighted by Gasteiger charge is -2.21. The fourth-order valence-corrected chi connectivity index (χ4v) is 5.25. The number of hydrogen-bond acceptors (Lipinski definition) is 8. The molecular formula is C17H24N2O7S2. The van der Waals surface area contributed by atoms with Gasteiger partial charge < -0.3 is 14.8 Å². The van der Waals surface area contributed by atoms with Crippen molar-refractivity contribution in [3.63, 3.8) is 0 Å². The van der Waals surface area contributed by atoms with Crippen molar-refractivity contribution in [3.8, 4) is 0 Å². The van der Waals surface area contributed by atoms with E-state index in [1.54, 1.807) is 20.8 Å². The van der Waals surface area contributed by atoms with E-state index in [4.69, 9.17) is 9.47 Å². The molecule has 0 saturated carbocycles. The number of carbonyl (C=O) groups excluding carboxylic acids is 3. The maximum absolute atomic E-state index is 12.7.